The number of hydrogen-bond acceptors (Lipinski definition) is 2. The van der Waals surface area contributed by atoms with Gasteiger partial charge >= 0.3 is 5.97 Å². The molecule has 0 amide bonds. The Morgan fingerprint density at radius 3 is 3.08 bits per heavy atom. The average molecular weight is 180 g/mol. The molecule has 1 heterocycles. The largest absolute Gasteiger partial charge is 0.478 e. The molecule has 0 radical (unpaired) electrons. The van der Waals surface area contributed by atoms with Crippen LogP contribution in [0.2, 0.25) is 0 Å². The van der Waals surface area contributed by atoms with E-state index in [1.807, 2.05) is 30.4 Å². The summed E-state index contributed by atoms with van der Waals surface area (Å²) < 4.78 is 0. The van der Waals surface area contributed by atoms with Gasteiger partial charge in [-0.15, -0.1) is 0 Å². The van der Waals surface area contributed by atoms with E-state index in [4.69, 9.17) is 5.11 Å². The van der Waals surface area contributed by atoms with E-state index in [0.29, 0.717) is 6.54 Å². The number of carboxylic acid groups (broad SMARTS) is 1. The summed E-state index contributed by atoms with van der Waals surface area (Å²) in [6, 6.07) is 1.93. The van der Waals surface area contributed by atoms with Crippen LogP contribution in [-0.2, 0) is 4.79 Å². The number of aliphatic carboxylic acids is 1. The highest BCUT2D eigenvalue weighted by molar-refractivity contribution is 5.79. The molecule has 0 atom stereocenters. The second kappa shape index (κ2) is 4.35. The smallest absolute Gasteiger partial charge is 0.328 e. The Morgan fingerprint density at radius 2 is 2.54 bits per heavy atom. The number of aromatic nitrogens is 1. The highest BCUT2D eigenvalue weighted by Crippen LogP contribution is 2.08. The molecule has 0 bridgehead atoms. The molecule has 1 aromatic heterocycles. The van der Waals surface area contributed by atoms with Crippen LogP contribution in [0.25, 0.3) is 0 Å². The van der Waals surface area contributed by atoms with Crippen molar-refractivity contribution in [1.29, 1.82) is 0 Å². The Kier molecular flexibility index (Phi) is 3.14. The summed E-state index contributed by atoms with van der Waals surface area (Å²) in [5.41, 5.74) is 1.04. The first-order valence-corrected chi connectivity index (χ1v) is 3.93. The summed E-state index contributed by atoms with van der Waals surface area (Å²) in [5.74, 6) is -0.914. The van der Waals surface area contributed by atoms with Gasteiger partial charge in [0.2, 0.25) is 0 Å². The molecule has 0 aromatic carbocycles. The predicted molar refractivity (Wildman–Crippen MR) is 50.8 cm³/mol. The van der Waals surface area contributed by atoms with Gasteiger partial charge < -0.3 is 15.0 Å². The number of H-pyrrole nitrogens is 1. The van der Waals surface area contributed by atoms with Crippen LogP contribution in [0.1, 0.15) is 0 Å². The van der Waals surface area contributed by atoms with Crippen molar-refractivity contribution in [3.8, 4) is 0 Å². The van der Waals surface area contributed by atoms with E-state index in [-0.39, 0.29) is 0 Å². The maximum atomic E-state index is 10.2. The monoisotopic (exact) mass is 180 g/mol. The van der Waals surface area contributed by atoms with Crippen LogP contribution in [0, 0.1) is 0 Å². The van der Waals surface area contributed by atoms with Gasteiger partial charge in [0.25, 0.3) is 0 Å². The van der Waals surface area contributed by atoms with Crippen molar-refractivity contribution in [1.82, 2.24) is 4.98 Å². The van der Waals surface area contributed by atoms with Crippen molar-refractivity contribution in [2.75, 3.05) is 18.5 Å². The van der Waals surface area contributed by atoms with Crippen LogP contribution in [0.3, 0.4) is 0 Å². The van der Waals surface area contributed by atoms with Crippen molar-refractivity contribution in [3.05, 3.63) is 30.6 Å². The van der Waals surface area contributed by atoms with E-state index >= 15 is 0 Å². The van der Waals surface area contributed by atoms with Gasteiger partial charge in [-0.2, -0.15) is 0 Å². The Morgan fingerprint density at radius 1 is 1.77 bits per heavy atom. The minimum absolute atomic E-state index is 0.587. The molecule has 0 aliphatic rings. The zero-order chi connectivity index (χ0) is 9.68. The van der Waals surface area contributed by atoms with E-state index in [1.165, 1.54) is 0 Å². The van der Waals surface area contributed by atoms with Crippen molar-refractivity contribution in [3.63, 3.8) is 0 Å². The first-order valence-electron chi connectivity index (χ1n) is 3.93. The van der Waals surface area contributed by atoms with Crippen molar-refractivity contribution < 1.29 is 9.90 Å². The quantitative estimate of drug-likeness (QED) is 0.682. The minimum atomic E-state index is -0.914. The van der Waals surface area contributed by atoms with Crippen molar-refractivity contribution in [2.45, 2.75) is 0 Å². The molecule has 0 spiro atoms. The molecule has 0 aliphatic carbocycles. The molecule has 1 aromatic rings. The first-order chi connectivity index (χ1) is 6.20. The van der Waals surface area contributed by atoms with Gasteiger partial charge in [0, 0.05) is 32.1 Å². The van der Waals surface area contributed by atoms with Gasteiger partial charge in [-0.1, -0.05) is 6.08 Å². The van der Waals surface area contributed by atoms with Gasteiger partial charge in [-0.3, -0.25) is 0 Å². The zero-order valence-electron chi connectivity index (χ0n) is 7.40. The van der Waals surface area contributed by atoms with Crippen molar-refractivity contribution in [2.24, 2.45) is 0 Å². The van der Waals surface area contributed by atoms with E-state index in [0.717, 1.165) is 11.8 Å². The SMILES string of the molecule is CN(C/C=C/C(=O)O)c1cc[nH]c1. The molecule has 1 rings (SSSR count). The molecule has 0 saturated heterocycles. The lowest BCUT2D eigenvalue weighted by atomic mass is 10.4. The van der Waals surface area contributed by atoms with Gasteiger partial charge in [0.15, 0.2) is 0 Å². The topological polar surface area (TPSA) is 56.3 Å². The molecule has 4 heteroatoms. The molecule has 0 saturated carbocycles. The van der Waals surface area contributed by atoms with Crippen LogP contribution < -0.4 is 4.90 Å². The van der Waals surface area contributed by atoms with Crippen LogP contribution >= 0.6 is 0 Å². The number of likely N-dealkylation sites (N-methyl/N-ethyl adjacent to an activating group) is 1. The summed E-state index contributed by atoms with van der Waals surface area (Å²) in [4.78, 5) is 15.0. The highest BCUT2D eigenvalue weighted by atomic mass is 16.4. The third kappa shape index (κ3) is 3.02. The fraction of sp³-hybridized carbons (Fsp3) is 0.222. The molecule has 2 N–H and O–H groups in total. The summed E-state index contributed by atoms with van der Waals surface area (Å²) in [7, 11) is 1.90. The molecular weight excluding hydrogens is 168 g/mol. The number of carboxylic acids is 1. The summed E-state index contributed by atoms with van der Waals surface area (Å²) in [6.07, 6.45) is 6.43. The normalized spacial score (nSPS) is 10.5. The van der Waals surface area contributed by atoms with Crippen LogP contribution in [0.4, 0.5) is 5.69 Å². The predicted octanol–water partition coefficient (Wildman–Crippen LogP) is 1.09. The van der Waals surface area contributed by atoms with Crippen LogP contribution in [0.5, 0.6) is 0 Å². The lowest BCUT2D eigenvalue weighted by Gasteiger charge is -2.13. The molecule has 0 aliphatic heterocycles. The van der Waals surface area contributed by atoms with Gasteiger partial charge in [-0.05, 0) is 6.07 Å². The Bertz CT molecular complexity index is 291. The number of rotatable bonds is 4. The standard InChI is InChI=1S/C9H12N2O2/c1-11(6-2-3-9(12)13)8-4-5-10-7-8/h2-5,7,10H,6H2,1H3,(H,12,13)/b3-2+. The Balaban J connectivity index is 2.43. The van der Waals surface area contributed by atoms with E-state index in [1.54, 1.807) is 6.08 Å². The van der Waals surface area contributed by atoms with E-state index in [9.17, 15) is 4.79 Å². The molecule has 13 heavy (non-hydrogen) atoms. The number of aromatic amines is 1. The number of carbonyl (C=O) groups is 1. The second-order valence-corrected chi connectivity index (χ2v) is 2.69. The van der Waals surface area contributed by atoms with Crippen molar-refractivity contribution >= 4 is 11.7 Å². The molecule has 4 nitrogen and oxygen atoms in total. The summed E-state index contributed by atoms with van der Waals surface area (Å²) in [6.45, 7) is 0.587. The number of nitrogens with one attached hydrogen (secondary N) is 1. The molecular formula is C9H12N2O2. The zero-order valence-corrected chi connectivity index (χ0v) is 7.40. The number of nitrogens with zero attached hydrogens (tertiary/aromatic N) is 1. The van der Waals surface area contributed by atoms with Gasteiger partial charge in [0.1, 0.15) is 0 Å². The fourth-order valence-corrected chi connectivity index (χ4v) is 0.970. The Labute approximate surface area is 76.5 Å². The third-order valence-electron chi connectivity index (χ3n) is 1.66. The first kappa shape index (κ1) is 9.38. The molecule has 70 valence electrons. The molecule has 0 unspecified atom stereocenters. The average Bonchev–Trinajstić information content (AvgIpc) is 2.55. The van der Waals surface area contributed by atoms with Crippen LogP contribution in [0.15, 0.2) is 30.6 Å². The minimum Gasteiger partial charge on any atom is -0.478 e. The Hall–Kier alpha value is -1.71. The lowest BCUT2D eigenvalue weighted by molar-refractivity contribution is -0.131. The molecule has 0 fully saturated rings. The van der Waals surface area contributed by atoms with Gasteiger partial charge in [0.05, 0.1) is 5.69 Å². The van der Waals surface area contributed by atoms with E-state index in [2.05, 4.69) is 4.98 Å². The maximum Gasteiger partial charge on any atom is 0.328 e. The summed E-state index contributed by atoms with van der Waals surface area (Å²) in [5, 5.41) is 8.35. The fourth-order valence-electron chi connectivity index (χ4n) is 0.970. The highest BCUT2D eigenvalue weighted by Gasteiger charge is 1.97. The van der Waals surface area contributed by atoms with Gasteiger partial charge in [-0.25, -0.2) is 4.79 Å². The number of anilines is 1. The second-order valence-electron chi connectivity index (χ2n) is 2.69. The maximum absolute atomic E-state index is 10.2. The number of hydrogen-bond donors (Lipinski definition) is 2. The van der Waals surface area contributed by atoms with E-state index < -0.39 is 5.97 Å². The van der Waals surface area contributed by atoms with Crippen LogP contribution in [-0.4, -0.2) is 29.7 Å². The lowest BCUT2D eigenvalue weighted by Crippen LogP contribution is -2.16. The third-order valence-corrected chi connectivity index (χ3v) is 1.66. The summed E-state index contributed by atoms with van der Waals surface area (Å²) >= 11 is 0.